The van der Waals surface area contributed by atoms with Crippen LogP contribution in [0.3, 0.4) is 0 Å². The highest BCUT2D eigenvalue weighted by atomic mass is 16.6. The molecule has 0 aromatic carbocycles. The molecule has 0 aliphatic rings. The molecule has 0 rings (SSSR count). The maximum atomic E-state index is 13.0. The van der Waals surface area contributed by atoms with E-state index in [1.807, 2.05) is 0 Å². The average molecular weight is 1150 g/mol. The third kappa shape index (κ3) is 67.9. The van der Waals surface area contributed by atoms with Crippen LogP contribution in [0.25, 0.3) is 0 Å². The monoisotopic (exact) mass is 1150 g/mol. The zero-order valence-electron chi connectivity index (χ0n) is 55.0. The molecule has 82 heavy (non-hydrogen) atoms. The first-order chi connectivity index (χ1) is 40.5. The first kappa shape index (κ1) is 79.1. The van der Waals surface area contributed by atoms with Crippen molar-refractivity contribution in [2.24, 2.45) is 0 Å². The summed E-state index contributed by atoms with van der Waals surface area (Å²) in [6.07, 6.45) is 91.2. The summed E-state index contributed by atoms with van der Waals surface area (Å²) in [6, 6.07) is 0. The third-order valence-electron chi connectivity index (χ3n) is 16.2. The van der Waals surface area contributed by atoms with Gasteiger partial charge in [0.05, 0.1) is 0 Å². The second kappa shape index (κ2) is 70.6. The smallest absolute Gasteiger partial charge is 0.306 e. The van der Waals surface area contributed by atoms with E-state index in [1.165, 1.54) is 244 Å². The quantitative estimate of drug-likeness (QED) is 0.0261. The predicted octanol–water partition coefficient (Wildman–Crippen LogP) is 25.1. The van der Waals surface area contributed by atoms with E-state index in [4.69, 9.17) is 14.2 Å². The topological polar surface area (TPSA) is 78.9 Å². The van der Waals surface area contributed by atoms with E-state index in [0.29, 0.717) is 19.3 Å². The number of carbonyl (C=O) groups is 3. The zero-order chi connectivity index (χ0) is 59.2. The highest BCUT2D eigenvalue weighted by molar-refractivity contribution is 5.71. The maximum Gasteiger partial charge on any atom is 0.306 e. The van der Waals surface area contributed by atoms with E-state index in [2.05, 4.69) is 81.5 Å². The first-order valence-corrected chi connectivity index (χ1v) is 36.3. The largest absolute Gasteiger partial charge is 0.462 e. The molecule has 1 unspecified atom stereocenters. The van der Waals surface area contributed by atoms with Gasteiger partial charge in [0.25, 0.3) is 0 Å². The molecule has 0 bridgehead atoms. The van der Waals surface area contributed by atoms with Crippen molar-refractivity contribution in [3.8, 4) is 0 Å². The van der Waals surface area contributed by atoms with E-state index in [1.54, 1.807) is 0 Å². The fraction of sp³-hybridized carbons (Fsp3) is 0.829. The standard InChI is InChI=1S/C76H138O6/c1-4-7-10-13-16-19-22-25-27-29-31-33-35-36-37-38-39-41-42-44-46-48-51-54-57-60-63-66-69-75(78)81-72-73(71-80-74(77)68-65-62-59-56-53-50-24-21-18-15-12-9-6-3)82-76(79)70-67-64-61-58-55-52-49-47-45-43-40-34-32-30-28-26-23-20-17-14-11-8-5-2/h12,15,21,23-24,26,30,32,40,43,73H,4-11,13-14,16-20,22,25,27-29,31,33-39,41-42,44-72H2,1-3H3/b15-12-,24-21-,26-23-,32-30-,43-40-. The van der Waals surface area contributed by atoms with Gasteiger partial charge >= 0.3 is 17.9 Å². The van der Waals surface area contributed by atoms with Crippen molar-refractivity contribution < 1.29 is 28.6 Å². The number of allylic oxidation sites excluding steroid dienone is 10. The van der Waals surface area contributed by atoms with Crippen molar-refractivity contribution in [2.75, 3.05) is 13.2 Å². The molecule has 0 amide bonds. The molecule has 0 aliphatic heterocycles. The summed E-state index contributed by atoms with van der Waals surface area (Å²) in [6.45, 7) is 6.61. The minimum atomic E-state index is -0.785. The van der Waals surface area contributed by atoms with E-state index < -0.39 is 6.10 Å². The van der Waals surface area contributed by atoms with Gasteiger partial charge in [0.1, 0.15) is 13.2 Å². The minimum Gasteiger partial charge on any atom is -0.462 e. The van der Waals surface area contributed by atoms with Crippen LogP contribution in [0.15, 0.2) is 60.8 Å². The van der Waals surface area contributed by atoms with Crippen LogP contribution in [0.5, 0.6) is 0 Å². The molecule has 0 aliphatic carbocycles. The average Bonchev–Trinajstić information content (AvgIpc) is 3.47. The number of unbranched alkanes of at least 4 members (excludes halogenated alkanes) is 46. The highest BCUT2D eigenvalue weighted by Crippen LogP contribution is 2.18. The summed E-state index contributed by atoms with van der Waals surface area (Å²) >= 11 is 0. The fourth-order valence-corrected chi connectivity index (χ4v) is 10.8. The van der Waals surface area contributed by atoms with Crippen LogP contribution in [0, 0.1) is 0 Å². The number of rotatable bonds is 67. The summed E-state index contributed by atoms with van der Waals surface area (Å²) < 4.78 is 17.0. The number of hydrogen-bond acceptors (Lipinski definition) is 6. The second-order valence-corrected chi connectivity index (χ2v) is 24.5. The van der Waals surface area contributed by atoms with Crippen molar-refractivity contribution in [3.05, 3.63) is 60.8 Å². The minimum absolute atomic E-state index is 0.0785. The molecule has 6 heteroatoms. The lowest BCUT2D eigenvalue weighted by Gasteiger charge is -2.18. The zero-order valence-corrected chi connectivity index (χ0v) is 55.0. The molecule has 0 saturated carbocycles. The maximum absolute atomic E-state index is 13.0. The van der Waals surface area contributed by atoms with Gasteiger partial charge in [-0.2, -0.15) is 0 Å². The first-order valence-electron chi connectivity index (χ1n) is 36.3. The Kier molecular flexibility index (Phi) is 68.1. The van der Waals surface area contributed by atoms with E-state index in [9.17, 15) is 14.4 Å². The van der Waals surface area contributed by atoms with Gasteiger partial charge < -0.3 is 14.2 Å². The molecular weight excluding hydrogens is 1010 g/mol. The Morgan fingerprint density at radius 2 is 0.463 bits per heavy atom. The molecule has 0 heterocycles. The molecule has 0 aromatic rings. The van der Waals surface area contributed by atoms with Gasteiger partial charge in [0, 0.05) is 19.3 Å². The summed E-state index contributed by atoms with van der Waals surface area (Å²) in [5, 5.41) is 0. The van der Waals surface area contributed by atoms with Gasteiger partial charge in [0.15, 0.2) is 6.10 Å². The Hall–Kier alpha value is -2.89. The lowest BCUT2D eigenvalue weighted by Crippen LogP contribution is -2.30. The van der Waals surface area contributed by atoms with Crippen LogP contribution in [0.4, 0.5) is 0 Å². The Morgan fingerprint density at radius 3 is 0.732 bits per heavy atom. The number of hydrogen-bond donors (Lipinski definition) is 0. The molecule has 0 N–H and O–H groups in total. The third-order valence-corrected chi connectivity index (χ3v) is 16.2. The second-order valence-electron chi connectivity index (χ2n) is 24.5. The molecule has 6 nitrogen and oxygen atoms in total. The summed E-state index contributed by atoms with van der Waals surface area (Å²) in [5.41, 5.74) is 0. The van der Waals surface area contributed by atoms with E-state index >= 15 is 0 Å². The number of carbonyl (C=O) groups excluding carboxylic acids is 3. The van der Waals surface area contributed by atoms with Gasteiger partial charge in [-0.3, -0.25) is 14.4 Å². The Balaban J connectivity index is 4.23. The summed E-state index contributed by atoms with van der Waals surface area (Å²) in [7, 11) is 0. The van der Waals surface area contributed by atoms with Gasteiger partial charge in [-0.1, -0.05) is 345 Å². The van der Waals surface area contributed by atoms with Crippen LogP contribution < -0.4 is 0 Å². The lowest BCUT2D eigenvalue weighted by molar-refractivity contribution is -0.167. The predicted molar refractivity (Wildman–Crippen MR) is 358 cm³/mol. The normalized spacial score (nSPS) is 12.4. The summed E-state index contributed by atoms with van der Waals surface area (Å²) in [4.78, 5) is 38.4. The molecule has 0 spiro atoms. The van der Waals surface area contributed by atoms with Gasteiger partial charge in [-0.15, -0.1) is 0 Å². The van der Waals surface area contributed by atoms with E-state index in [0.717, 1.165) is 103 Å². The molecular formula is C76H138O6. The van der Waals surface area contributed by atoms with Crippen LogP contribution in [0.2, 0.25) is 0 Å². The lowest BCUT2D eigenvalue weighted by atomic mass is 10.0. The van der Waals surface area contributed by atoms with Crippen molar-refractivity contribution in [2.45, 2.75) is 393 Å². The SMILES string of the molecule is CCC/C=C\C/C=C\CCCCCCCC(=O)OCC(COC(=O)CCCCCCCCCCCCCCCCCCCCCCCCCCCCCC)OC(=O)CCCCCCCCCC/C=C\C/C=C\C/C=C\CCCCCCC. The van der Waals surface area contributed by atoms with Gasteiger partial charge in [-0.25, -0.2) is 0 Å². The van der Waals surface area contributed by atoms with Crippen LogP contribution in [-0.2, 0) is 28.6 Å². The van der Waals surface area contributed by atoms with Gasteiger partial charge in [-0.05, 0) is 83.5 Å². The molecule has 0 saturated heterocycles. The number of ether oxygens (including phenoxy) is 3. The van der Waals surface area contributed by atoms with Gasteiger partial charge in [0.2, 0.25) is 0 Å². The van der Waals surface area contributed by atoms with E-state index in [-0.39, 0.29) is 31.1 Å². The highest BCUT2D eigenvalue weighted by Gasteiger charge is 2.19. The van der Waals surface area contributed by atoms with Crippen molar-refractivity contribution >= 4 is 17.9 Å². The Morgan fingerprint density at radius 1 is 0.244 bits per heavy atom. The fourth-order valence-electron chi connectivity index (χ4n) is 10.8. The van der Waals surface area contributed by atoms with Crippen molar-refractivity contribution in [1.29, 1.82) is 0 Å². The van der Waals surface area contributed by atoms with Crippen LogP contribution in [0.1, 0.15) is 387 Å². The molecule has 0 fully saturated rings. The van der Waals surface area contributed by atoms with Crippen molar-refractivity contribution in [1.82, 2.24) is 0 Å². The Bertz CT molecular complexity index is 1460. The summed E-state index contributed by atoms with van der Waals surface area (Å²) in [5.74, 6) is -0.878. The van der Waals surface area contributed by atoms with Crippen molar-refractivity contribution in [3.63, 3.8) is 0 Å². The Labute approximate surface area is 510 Å². The molecule has 0 radical (unpaired) electrons. The van der Waals surface area contributed by atoms with Crippen LogP contribution in [-0.4, -0.2) is 37.2 Å². The number of esters is 3. The molecule has 1 atom stereocenters. The van der Waals surface area contributed by atoms with Crippen LogP contribution >= 0.6 is 0 Å². The molecule has 478 valence electrons. The molecule has 0 aromatic heterocycles.